The maximum Gasteiger partial charge on any atom is 0.306 e. The van der Waals surface area contributed by atoms with E-state index >= 15 is 0 Å². The minimum Gasteiger partial charge on any atom is -0.490 e. The van der Waals surface area contributed by atoms with Crippen molar-refractivity contribution in [2.75, 3.05) is 18.0 Å². The molecular weight excluding hydrogens is 470 g/mol. The Balaban J connectivity index is 1.25. The number of carboxylic acids is 1. The second kappa shape index (κ2) is 10.9. The predicted molar refractivity (Wildman–Crippen MR) is 130 cm³/mol. The molecule has 2 heterocycles. The van der Waals surface area contributed by atoms with E-state index in [2.05, 4.69) is 21.6 Å². The summed E-state index contributed by atoms with van der Waals surface area (Å²) in [6, 6.07) is 8.97. The van der Waals surface area contributed by atoms with Gasteiger partial charge in [0.2, 0.25) is 0 Å². The molecular formula is C25H28ClN5O4. The van der Waals surface area contributed by atoms with Gasteiger partial charge in [0.25, 0.3) is 5.91 Å². The fourth-order valence-electron chi connectivity index (χ4n) is 4.62. The number of hydrogen-bond donors (Lipinski definition) is 2. The van der Waals surface area contributed by atoms with Gasteiger partial charge in [0, 0.05) is 24.7 Å². The van der Waals surface area contributed by atoms with Crippen molar-refractivity contribution in [2.24, 2.45) is 5.92 Å². The maximum absolute atomic E-state index is 12.7. The van der Waals surface area contributed by atoms with Gasteiger partial charge in [0.1, 0.15) is 11.8 Å². The summed E-state index contributed by atoms with van der Waals surface area (Å²) in [5.74, 6) is 0.0193. The summed E-state index contributed by atoms with van der Waals surface area (Å²) in [6.45, 7) is 3.06. The van der Waals surface area contributed by atoms with Crippen molar-refractivity contribution in [3.05, 3.63) is 46.1 Å². The van der Waals surface area contributed by atoms with Gasteiger partial charge in [-0.1, -0.05) is 11.6 Å². The number of hydrogen-bond acceptors (Lipinski definition) is 7. The molecule has 2 N–H and O–H groups in total. The first-order chi connectivity index (χ1) is 16.9. The van der Waals surface area contributed by atoms with E-state index in [1.54, 1.807) is 24.3 Å². The van der Waals surface area contributed by atoms with E-state index < -0.39 is 5.97 Å². The van der Waals surface area contributed by atoms with Crippen molar-refractivity contribution in [3.8, 4) is 11.8 Å². The molecule has 10 heteroatoms. The number of ether oxygens (including phenoxy) is 1. The van der Waals surface area contributed by atoms with Gasteiger partial charge in [-0.15, -0.1) is 10.2 Å². The number of piperidine rings is 1. The second-order valence-electron chi connectivity index (χ2n) is 9.10. The number of carboxylic acid groups (broad SMARTS) is 1. The lowest BCUT2D eigenvalue weighted by atomic mass is 9.92. The van der Waals surface area contributed by atoms with E-state index in [0.717, 1.165) is 31.2 Å². The molecule has 2 aromatic rings. The Morgan fingerprint density at radius 1 is 1.11 bits per heavy atom. The number of halogens is 1. The summed E-state index contributed by atoms with van der Waals surface area (Å²) in [5, 5.41) is 30.0. The van der Waals surface area contributed by atoms with Crippen molar-refractivity contribution < 1.29 is 19.4 Å². The molecule has 184 valence electrons. The Morgan fingerprint density at radius 3 is 2.43 bits per heavy atom. The lowest BCUT2D eigenvalue weighted by molar-refractivity contribution is -0.142. The zero-order chi connectivity index (χ0) is 24.9. The number of rotatable bonds is 6. The first-order valence-electron chi connectivity index (χ1n) is 11.8. The lowest BCUT2D eigenvalue weighted by Gasteiger charge is -2.31. The molecule has 4 rings (SSSR count). The molecule has 0 unspecified atom stereocenters. The summed E-state index contributed by atoms with van der Waals surface area (Å²) in [5.41, 5.74) is 1.45. The van der Waals surface area contributed by atoms with Gasteiger partial charge in [-0.3, -0.25) is 9.59 Å². The fourth-order valence-corrected chi connectivity index (χ4v) is 4.81. The number of nitriles is 1. The van der Waals surface area contributed by atoms with Crippen LogP contribution in [0.5, 0.6) is 5.75 Å². The topological polar surface area (TPSA) is 128 Å². The fraction of sp³-hybridized carbons (Fsp3) is 0.480. The van der Waals surface area contributed by atoms with Crippen molar-refractivity contribution >= 4 is 29.3 Å². The molecule has 0 radical (unpaired) electrons. The molecule has 0 bridgehead atoms. The van der Waals surface area contributed by atoms with Crippen LogP contribution in [0.15, 0.2) is 24.3 Å². The van der Waals surface area contributed by atoms with Gasteiger partial charge < -0.3 is 20.1 Å². The standard InChI is InChI=1S/C25H28ClN5O4/c1-15-21(8-2-17(14-27)23(15)26)35-19-5-3-18(4-6-19)28-24(32)20-7-9-22(30-29-20)31-12-10-16(11-13-31)25(33)34/h2,7-9,16,18-19H,3-6,10-13H2,1H3,(H,28,32)(H,33,34). The van der Waals surface area contributed by atoms with Crippen molar-refractivity contribution in [1.82, 2.24) is 15.5 Å². The Bertz CT molecular complexity index is 1120. The Kier molecular flexibility index (Phi) is 7.71. The summed E-state index contributed by atoms with van der Waals surface area (Å²) in [7, 11) is 0. The highest BCUT2D eigenvalue weighted by molar-refractivity contribution is 6.32. The molecule has 1 aliphatic heterocycles. The van der Waals surface area contributed by atoms with E-state index in [-0.39, 0.29) is 29.7 Å². The number of amides is 1. The highest BCUT2D eigenvalue weighted by Gasteiger charge is 2.27. The number of carbonyl (C=O) groups excluding carboxylic acids is 1. The first kappa shape index (κ1) is 24.7. The van der Waals surface area contributed by atoms with E-state index in [1.807, 2.05) is 11.8 Å². The third-order valence-corrected chi connectivity index (χ3v) is 7.30. The average Bonchev–Trinajstić information content (AvgIpc) is 2.88. The van der Waals surface area contributed by atoms with E-state index in [0.29, 0.717) is 48.1 Å². The SMILES string of the molecule is Cc1c(OC2CCC(NC(=O)c3ccc(N4CCC(C(=O)O)CC4)nn3)CC2)ccc(C#N)c1Cl. The lowest BCUT2D eigenvalue weighted by Crippen LogP contribution is -2.40. The quantitative estimate of drug-likeness (QED) is 0.617. The molecule has 1 aromatic carbocycles. The van der Waals surface area contributed by atoms with Gasteiger partial charge in [-0.2, -0.15) is 5.26 Å². The molecule has 1 saturated heterocycles. The summed E-state index contributed by atoms with van der Waals surface area (Å²) in [6.07, 6.45) is 4.31. The average molecular weight is 498 g/mol. The summed E-state index contributed by atoms with van der Waals surface area (Å²) >= 11 is 6.24. The molecule has 0 atom stereocenters. The van der Waals surface area contributed by atoms with E-state index in [1.165, 1.54) is 0 Å². The number of aliphatic carboxylic acids is 1. The minimum atomic E-state index is -0.753. The normalized spacial score (nSPS) is 20.7. The summed E-state index contributed by atoms with van der Waals surface area (Å²) < 4.78 is 6.13. The molecule has 1 aliphatic carbocycles. The van der Waals surface area contributed by atoms with Gasteiger partial charge in [-0.05, 0) is 69.7 Å². The van der Waals surface area contributed by atoms with Crippen molar-refractivity contribution in [3.63, 3.8) is 0 Å². The van der Waals surface area contributed by atoms with E-state index in [4.69, 9.17) is 26.7 Å². The van der Waals surface area contributed by atoms with Crippen molar-refractivity contribution in [2.45, 2.75) is 57.6 Å². The van der Waals surface area contributed by atoms with Crippen LogP contribution < -0.4 is 15.0 Å². The van der Waals surface area contributed by atoms with Crippen molar-refractivity contribution in [1.29, 1.82) is 5.26 Å². The van der Waals surface area contributed by atoms with Crippen LogP contribution in [0, 0.1) is 24.2 Å². The number of anilines is 1. The number of nitrogens with zero attached hydrogens (tertiary/aromatic N) is 4. The second-order valence-corrected chi connectivity index (χ2v) is 9.48. The van der Waals surface area contributed by atoms with Gasteiger partial charge in [0.05, 0.1) is 22.6 Å². The Labute approximate surface area is 209 Å². The van der Waals surface area contributed by atoms with Crippen LogP contribution in [-0.2, 0) is 4.79 Å². The van der Waals surface area contributed by atoms with Crippen LogP contribution in [0.4, 0.5) is 5.82 Å². The van der Waals surface area contributed by atoms with Crippen LogP contribution in [-0.4, -0.2) is 52.4 Å². The van der Waals surface area contributed by atoms with Gasteiger partial charge in [-0.25, -0.2) is 0 Å². The Hall–Kier alpha value is -3.38. The molecule has 9 nitrogen and oxygen atoms in total. The largest absolute Gasteiger partial charge is 0.490 e. The monoisotopic (exact) mass is 497 g/mol. The van der Waals surface area contributed by atoms with Gasteiger partial charge in [0.15, 0.2) is 11.5 Å². The third kappa shape index (κ3) is 5.82. The Morgan fingerprint density at radius 2 is 1.83 bits per heavy atom. The zero-order valence-electron chi connectivity index (χ0n) is 19.5. The van der Waals surface area contributed by atoms with E-state index in [9.17, 15) is 9.59 Å². The number of benzene rings is 1. The minimum absolute atomic E-state index is 0.0233. The molecule has 1 saturated carbocycles. The molecule has 1 amide bonds. The predicted octanol–water partition coefficient (Wildman–Crippen LogP) is 3.73. The van der Waals surface area contributed by atoms with Crippen LogP contribution in [0.3, 0.4) is 0 Å². The smallest absolute Gasteiger partial charge is 0.306 e. The molecule has 2 fully saturated rings. The van der Waals surface area contributed by atoms with Crippen LogP contribution in [0.25, 0.3) is 0 Å². The van der Waals surface area contributed by atoms with Crippen LogP contribution >= 0.6 is 11.6 Å². The highest BCUT2D eigenvalue weighted by Crippen LogP contribution is 2.32. The van der Waals surface area contributed by atoms with Crippen LogP contribution in [0.2, 0.25) is 5.02 Å². The number of carbonyl (C=O) groups is 2. The number of aromatic nitrogens is 2. The maximum atomic E-state index is 12.7. The highest BCUT2D eigenvalue weighted by atomic mass is 35.5. The molecule has 35 heavy (non-hydrogen) atoms. The zero-order valence-corrected chi connectivity index (χ0v) is 20.3. The summed E-state index contributed by atoms with van der Waals surface area (Å²) in [4.78, 5) is 25.8. The number of nitrogens with one attached hydrogen (secondary N) is 1. The molecule has 1 aromatic heterocycles. The van der Waals surface area contributed by atoms with Gasteiger partial charge >= 0.3 is 5.97 Å². The van der Waals surface area contributed by atoms with Crippen LogP contribution in [0.1, 0.15) is 60.1 Å². The molecule has 2 aliphatic rings. The first-order valence-corrected chi connectivity index (χ1v) is 12.2. The molecule has 0 spiro atoms. The third-order valence-electron chi connectivity index (χ3n) is 6.81.